The Hall–Kier alpha value is -2.60. The first-order chi connectivity index (χ1) is 9.85. The van der Waals surface area contributed by atoms with Gasteiger partial charge in [0, 0.05) is 30.6 Å². The van der Waals surface area contributed by atoms with Gasteiger partial charge >= 0.3 is 0 Å². The van der Waals surface area contributed by atoms with E-state index in [4.69, 9.17) is 10.5 Å². The lowest BCUT2D eigenvalue weighted by Crippen LogP contribution is -2.10. The van der Waals surface area contributed by atoms with Crippen LogP contribution >= 0.6 is 0 Å². The molecule has 2 heterocycles. The minimum Gasteiger partial charge on any atom is -0.492 e. The number of fused-ring (bicyclic) bond motifs is 1. The van der Waals surface area contributed by atoms with Crippen LogP contribution in [0.3, 0.4) is 0 Å². The second-order valence-corrected chi connectivity index (χ2v) is 4.24. The van der Waals surface area contributed by atoms with E-state index in [9.17, 15) is 0 Å². The maximum absolute atomic E-state index is 5.49. The van der Waals surface area contributed by atoms with E-state index < -0.39 is 0 Å². The Morgan fingerprint density at radius 3 is 3.10 bits per heavy atom. The molecule has 0 saturated heterocycles. The lowest BCUT2D eigenvalue weighted by atomic mass is 10.3. The Labute approximate surface area is 116 Å². The van der Waals surface area contributed by atoms with Gasteiger partial charge in [-0.3, -0.25) is 0 Å². The largest absolute Gasteiger partial charge is 0.492 e. The fraction of sp³-hybridized carbons (Fsp3) is 0.143. The summed E-state index contributed by atoms with van der Waals surface area (Å²) in [6.45, 7) is 1.00. The summed E-state index contributed by atoms with van der Waals surface area (Å²) >= 11 is 0. The van der Waals surface area contributed by atoms with Crippen LogP contribution in [0.5, 0.6) is 5.75 Å². The van der Waals surface area contributed by atoms with E-state index in [-0.39, 0.29) is 0 Å². The highest BCUT2D eigenvalue weighted by Gasteiger charge is 2.01. The van der Waals surface area contributed by atoms with E-state index in [2.05, 4.69) is 15.4 Å². The molecule has 102 valence electrons. The minimum atomic E-state index is 0.497. The van der Waals surface area contributed by atoms with Gasteiger partial charge < -0.3 is 15.8 Å². The number of anilines is 2. The average Bonchev–Trinajstić information content (AvgIpc) is 2.93. The Kier molecular flexibility index (Phi) is 3.47. The number of nitrogens with one attached hydrogen (secondary N) is 1. The molecule has 0 aliphatic rings. The highest BCUT2D eigenvalue weighted by molar-refractivity contribution is 5.59. The highest BCUT2D eigenvalue weighted by Crippen LogP contribution is 2.20. The van der Waals surface area contributed by atoms with E-state index >= 15 is 0 Å². The molecule has 0 radical (unpaired) electrons. The molecule has 0 atom stereocenters. The van der Waals surface area contributed by atoms with Crippen molar-refractivity contribution < 1.29 is 4.74 Å². The average molecular weight is 269 g/mol. The molecule has 0 saturated carbocycles. The van der Waals surface area contributed by atoms with Crippen LogP contribution in [0.1, 0.15) is 0 Å². The molecule has 0 spiro atoms. The maximum atomic E-state index is 5.49. The van der Waals surface area contributed by atoms with Crippen LogP contribution in [0.15, 0.2) is 48.8 Å². The first-order valence-electron chi connectivity index (χ1n) is 6.35. The van der Waals surface area contributed by atoms with Gasteiger partial charge in [-0.1, -0.05) is 6.07 Å². The molecule has 0 unspecified atom stereocenters. The van der Waals surface area contributed by atoms with Crippen LogP contribution in [-0.2, 0) is 0 Å². The van der Waals surface area contributed by atoms with Crippen molar-refractivity contribution in [3.63, 3.8) is 0 Å². The topological polar surface area (TPSA) is 77.5 Å². The molecule has 3 rings (SSSR count). The zero-order chi connectivity index (χ0) is 13.8. The molecule has 1 aromatic carbocycles. The molecule has 0 aliphatic heterocycles. The summed E-state index contributed by atoms with van der Waals surface area (Å²) in [5.41, 5.74) is 7.13. The van der Waals surface area contributed by atoms with E-state index in [0.29, 0.717) is 13.2 Å². The van der Waals surface area contributed by atoms with Gasteiger partial charge in [0.05, 0.1) is 6.20 Å². The molecule has 6 heteroatoms. The van der Waals surface area contributed by atoms with Crippen molar-refractivity contribution >= 4 is 17.2 Å². The fourth-order valence-corrected chi connectivity index (χ4v) is 1.87. The Bertz CT molecular complexity index is 709. The first-order valence-corrected chi connectivity index (χ1v) is 6.35. The quantitative estimate of drug-likeness (QED) is 0.738. The van der Waals surface area contributed by atoms with Crippen LogP contribution in [0.25, 0.3) is 5.65 Å². The normalized spacial score (nSPS) is 10.7. The van der Waals surface area contributed by atoms with Crippen LogP contribution in [0.2, 0.25) is 0 Å². The monoisotopic (exact) mass is 269 g/mol. The van der Waals surface area contributed by atoms with Crippen LogP contribution in [0.4, 0.5) is 11.5 Å². The summed E-state index contributed by atoms with van der Waals surface area (Å²) in [7, 11) is 0. The van der Waals surface area contributed by atoms with E-state index in [1.807, 2.05) is 42.6 Å². The molecule has 2 aromatic heterocycles. The number of hydrogen-bond donors (Lipinski definition) is 2. The molecule has 20 heavy (non-hydrogen) atoms. The molecule has 0 fully saturated rings. The third-order valence-corrected chi connectivity index (χ3v) is 2.75. The summed E-state index contributed by atoms with van der Waals surface area (Å²) in [5.74, 6) is 1.54. The number of ether oxygens (including phenoxy) is 1. The molecule has 3 N–H and O–H groups in total. The predicted octanol–water partition coefficient (Wildman–Crippen LogP) is 1.81. The van der Waals surface area contributed by atoms with Crippen LogP contribution < -0.4 is 15.8 Å². The number of aromatic nitrogens is 3. The Morgan fingerprint density at radius 2 is 2.20 bits per heavy atom. The molecule has 0 amide bonds. The highest BCUT2D eigenvalue weighted by atomic mass is 16.5. The number of benzene rings is 1. The summed E-state index contributed by atoms with van der Waals surface area (Å²) in [5, 5.41) is 7.35. The Balaban J connectivity index is 1.79. The minimum absolute atomic E-state index is 0.497. The number of rotatable bonds is 5. The summed E-state index contributed by atoms with van der Waals surface area (Å²) < 4.78 is 7.21. The molecular formula is C14H15N5O. The molecule has 6 nitrogen and oxygen atoms in total. The van der Waals surface area contributed by atoms with Gasteiger partial charge in [-0.15, -0.1) is 0 Å². The van der Waals surface area contributed by atoms with Gasteiger partial charge in [0.15, 0.2) is 5.65 Å². The van der Waals surface area contributed by atoms with Crippen molar-refractivity contribution in [3.8, 4) is 5.75 Å². The summed E-state index contributed by atoms with van der Waals surface area (Å²) in [6, 6.07) is 11.4. The van der Waals surface area contributed by atoms with Gasteiger partial charge in [-0.2, -0.15) is 5.10 Å². The van der Waals surface area contributed by atoms with E-state index in [1.54, 1.807) is 10.7 Å². The van der Waals surface area contributed by atoms with Gasteiger partial charge in [0.1, 0.15) is 18.2 Å². The second-order valence-electron chi connectivity index (χ2n) is 4.24. The lowest BCUT2D eigenvalue weighted by Gasteiger charge is -2.09. The third kappa shape index (κ3) is 2.70. The first kappa shape index (κ1) is 12.4. The molecule has 3 aromatic rings. The zero-order valence-electron chi connectivity index (χ0n) is 10.9. The van der Waals surface area contributed by atoms with Gasteiger partial charge in [-0.25, -0.2) is 9.50 Å². The van der Waals surface area contributed by atoms with Crippen molar-refractivity contribution in [2.45, 2.75) is 0 Å². The summed E-state index contributed by atoms with van der Waals surface area (Å²) in [4.78, 5) is 4.45. The molecule has 0 aliphatic carbocycles. The molecule has 0 bridgehead atoms. The molecular weight excluding hydrogens is 254 g/mol. The van der Waals surface area contributed by atoms with Crippen molar-refractivity contribution in [1.29, 1.82) is 0 Å². The van der Waals surface area contributed by atoms with Crippen molar-refractivity contribution in [3.05, 3.63) is 48.8 Å². The second kappa shape index (κ2) is 5.58. The summed E-state index contributed by atoms with van der Waals surface area (Å²) in [6.07, 6.45) is 3.58. The van der Waals surface area contributed by atoms with Crippen LogP contribution in [-0.4, -0.2) is 27.7 Å². The number of hydrogen-bond acceptors (Lipinski definition) is 5. The smallest absolute Gasteiger partial charge is 0.157 e. The number of nitrogens with two attached hydrogens (primary N) is 1. The SMILES string of the molecule is NCCOc1cccc(Nc2ccn3nccc3n2)c1. The van der Waals surface area contributed by atoms with Gasteiger partial charge in [0.2, 0.25) is 0 Å². The third-order valence-electron chi connectivity index (χ3n) is 2.75. The van der Waals surface area contributed by atoms with Crippen molar-refractivity contribution in [1.82, 2.24) is 14.6 Å². The van der Waals surface area contributed by atoms with Gasteiger partial charge in [-0.05, 0) is 18.2 Å². The van der Waals surface area contributed by atoms with E-state index in [1.165, 1.54) is 0 Å². The predicted molar refractivity (Wildman–Crippen MR) is 77.3 cm³/mol. The number of nitrogens with zero attached hydrogens (tertiary/aromatic N) is 3. The van der Waals surface area contributed by atoms with Crippen LogP contribution in [0, 0.1) is 0 Å². The van der Waals surface area contributed by atoms with Crippen molar-refractivity contribution in [2.24, 2.45) is 5.73 Å². The zero-order valence-corrected chi connectivity index (χ0v) is 10.9. The fourth-order valence-electron chi connectivity index (χ4n) is 1.87. The van der Waals surface area contributed by atoms with Gasteiger partial charge in [0.25, 0.3) is 0 Å². The maximum Gasteiger partial charge on any atom is 0.157 e. The van der Waals surface area contributed by atoms with Crippen molar-refractivity contribution in [2.75, 3.05) is 18.5 Å². The Morgan fingerprint density at radius 1 is 1.25 bits per heavy atom. The standard InChI is InChI=1S/C14H15N5O/c15-6-9-20-12-3-1-2-11(10-12)17-13-5-8-19-14(18-13)4-7-16-19/h1-5,7-8,10H,6,9,15H2,(H,17,18). The lowest BCUT2D eigenvalue weighted by molar-refractivity contribution is 0.328. The van der Waals surface area contributed by atoms with E-state index in [0.717, 1.165) is 22.9 Å².